The maximum absolute atomic E-state index is 12.2. The van der Waals surface area contributed by atoms with Gasteiger partial charge in [0.15, 0.2) is 5.69 Å². The van der Waals surface area contributed by atoms with E-state index in [1.165, 1.54) is 6.20 Å². The van der Waals surface area contributed by atoms with Crippen molar-refractivity contribution in [2.75, 3.05) is 19.7 Å². The molecule has 1 aliphatic heterocycles. The Morgan fingerprint density at radius 3 is 3.11 bits per heavy atom. The van der Waals surface area contributed by atoms with Crippen molar-refractivity contribution in [2.45, 2.75) is 26.0 Å². The van der Waals surface area contributed by atoms with Gasteiger partial charge in [0.05, 0.1) is 12.3 Å². The lowest BCUT2D eigenvalue weighted by atomic mass is 10.3. The standard InChI is InChI=1S/C11H16N4O4/c1-8-5-14(3-2-4-19-8)11(18)9-6-15(13-12-9)7-10(16)17/h6,8H,2-5,7H2,1H3,(H,16,17). The molecule has 1 unspecified atom stereocenters. The van der Waals surface area contributed by atoms with E-state index in [1.54, 1.807) is 4.90 Å². The molecule has 1 aromatic rings. The molecular formula is C11H16N4O4. The molecule has 1 amide bonds. The molecule has 1 saturated heterocycles. The van der Waals surface area contributed by atoms with Crippen LogP contribution in [0.2, 0.25) is 0 Å². The molecule has 0 bridgehead atoms. The third-order valence-electron chi connectivity index (χ3n) is 2.79. The SMILES string of the molecule is CC1CN(C(=O)c2cn(CC(=O)O)nn2)CCCO1. The Balaban J connectivity index is 2.05. The Kier molecular flexibility index (Phi) is 4.10. The largest absolute Gasteiger partial charge is 0.480 e. The summed E-state index contributed by atoms with van der Waals surface area (Å²) in [6.45, 7) is 3.35. The maximum Gasteiger partial charge on any atom is 0.325 e. The second-order valence-corrected chi connectivity index (χ2v) is 4.48. The number of amides is 1. The lowest BCUT2D eigenvalue weighted by Crippen LogP contribution is -2.36. The van der Waals surface area contributed by atoms with Crippen LogP contribution in [0.25, 0.3) is 0 Å². The van der Waals surface area contributed by atoms with Crippen molar-refractivity contribution in [3.63, 3.8) is 0 Å². The molecule has 1 N–H and O–H groups in total. The number of rotatable bonds is 3. The maximum atomic E-state index is 12.2. The van der Waals surface area contributed by atoms with Gasteiger partial charge in [-0.3, -0.25) is 9.59 Å². The van der Waals surface area contributed by atoms with Crippen molar-refractivity contribution >= 4 is 11.9 Å². The summed E-state index contributed by atoms with van der Waals surface area (Å²) in [5.41, 5.74) is 0.162. The molecule has 0 radical (unpaired) electrons. The number of aliphatic carboxylic acids is 1. The first-order valence-electron chi connectivity index (χ1n) is 6.09. The summed E-state index contributed by atoms with van der Waals surface area (Å²) in [5.74, 6) is -1.27. The van der Waals surface area contributed by atoms with Crippen molar-refractivity contribution in [3.05, 3.63) is 11.9 Å². The zero-order valence-electron chi connectivity index (χ0n) is 10.7. The second-order valence-electron chi connectivity index (χ2n) is 4.48. The van der Waals surface area contributed by atoms with Crippen molar-refractivity contribution in [1.82, 2.24) is 19.9 Å². The number of ether oxygens (including phenoxy) is 1. The first-order valence-corrected chi connectivity index (χ1v) is 6.09. The van der Waals surface area contributed by atoms with Crippen LogP contribution in [0.3, 0.4) is 0 Å². The van der Waals surface area contributed by atoms with Gasteiger partial charge in [0.1, 0.15) is 6.54 Å². The number of carboxylic acid groups (broad SMARTS) is 1. The van der Waals surface area contributed by atoms with Gasteiger partial charge in [0.2, 0.25) is 0 Å². The van der Waals surface area contributed by atoms with Gasteiger partial charge in [-0.15, -0.1) is 5.10 Å². The lowest BCUT2D eigenvalue weighted by molar-refractivity contribution is -0.137. The van der Waals surface area contributed by atoms with Crippen LogP contribution in [0.5, 0.6) is 0 Å². The van der Waals surface area contributed by atoms with E-state index < -0.39 is 5.97 Å². The monoisotopic (exact) mass is 268 g/mol. The number of hydrogen-bond acceptors (Lipinski definition) is 5. The lowest BCUT2D eigenvalue weighted by Gasteiger charge is -2.20. The molecule has 1 aliphatic rings. The normalized spacial score (nSPS) is 20.1. The fourth-order valence-electron chi connectivity index (χ4n) is 1.95. The van der Waals surface area contributed by atoms with Crippen molar-refractivity contribution in [3.8, 4) is 0 Å². The Hall–Kier alpha value is -1.96. The van der Waals surface area contributed by atoms with Crippen LogP contribution >= 0.6 is 0 Å². The fourth-order valence-corrected chi connectivity index (χ4v) is 1.95. The minimum atomic E-state index is -1.03. The molecule has 8 nitrogen and oxygen atoms in total. The average molecular weight is 268 g/mol. The highest BCUT2D eigenvalue weighted by Crippen LogP contribution is 2.09. The third kappa shape index (κ3) is 3.50. The van der Waals surface area contributed by atoms with E-state index in [4.69, 9.17) is 9.84 Å². The topological polar surface area (TPSA) is 97.6 Å². The predicted octanol–water partition coefficient (Wildman–Crippen LogP) is -0.386. The molecule has 2 heterocycles. The Morgan fingerprint density at radius 1 is 1.58 bits per heavy atom. The number of aromatic nitrogens is 3. The van der Waals surface area contributed by atoms with E-state index in [9.17, 15) is 9.59 Å². The zero-order chi connectivity index (χ0) is 13.8. The van der Waals surface area contributed by atoms with Crippen LogP contribution in [0.4, 0.5) is 0 Å². The van der Waals surface area contributed by atoms with Gasteiger partial charge in [-0.25, -0.2) is 4.68 Å². The molecule has 1 atom stereocenters. The highest BCUT2D eigenvalue weighted by molar-refractivity contribution is 5.92. The molecule has 0 aliphatic carbocycles. The van der Waals surface area contributed by atoms with Gasteiger partial charge < -0.3 is 14.7 Å². The average Bonchev–Trinajstić information content (AvgIpc) is 2.68. The summed E-state index contributed by atoms with van der Waals surface area (Å²) < 4.78 is 6.60. The molecule has 1 aromatic heterocycles. The van der Waals surface area contributed by atoms with Crippen LogP contribution in [-0.4, -0.2) is 62.7 Å². The first kappa shape index (κ1) is 13.5. The fraction of sp³-hybridized carbons (Fsp3) is 0.636. The molecule has 2 rings (SSSR count). The van der Waals surface area contributed by atoms with Gasteiger partial charge in [0, 0.05) is 19.7 Å². The number of carbonyl (C=O) groups is 2. The van der Waals surface area contributed by atoms with Gasteiger partial charge in [-0.2, -0.15) is 0 Å². The third-order valence-corrected chi connectivity index (χ3v) is 2.79. The summed E-state index contributed by atoms with van der Waals surface area (Å²) in [4.78, 5) is 24.4. The molecule has 0 spiro atoms. The molecule has 8 heteroatoms. The number of hydrogen-bond donors (Lipinski definition) is 1. The Labute approximate surface area is 109 Å². The van der Waals surface area contributed by atoms with Crippen LogP contribution in [0.1, 0.15) is 23.8 Å². The predicted molar refractivity (Wildman–Crippen MR) is 63.6 cm³/mol. The van der Waals surface area contributed by atoms with E-state index in [0.717, 1.165) is 11.1 Å². The highest BCUT2D eigenvalue weighted by atomic mass is 16.5. The minimum Gasteiger partial charge on any atom is -0.480 e. The molecule has 19 heavy (non-hydrogen) atoms. The van der Waals surface area contributed by atoms with Crippen molar-refractivity contribution in [2.24, 2.45) is 0 Å². The number of nitrogens with zero attached hydrogens (tertiary/aromatic N) is 4. The van der Waals surface area contributed by atoms with Crippen LogP contribution < -0.4 is 0 Å². The van der Waals surface area contributed by atoms with Crippen molar-refractivity contribution in [1.29, 1.82) is 0 Å². The summed E-state index contributed by atoms with van der Waals surface area (Å²) in [6.07, 6.45) is 2.12. The van der Waals surface area contributed by atoms with Crippen molar-refractivity contribution < 1.29 is 19.4 Å². The summed E-state index contributed by atoms with van der Waals surface area (Å²) >= 11 is 0. The minimum absolute atomic E-state index is 0.0134. The molecule has 104 valence electrons. The van der Waals surface area contributed by atoms with E-state index in [-0.39, 0.29) is 24.2 Å². The summed E-state index contributed by atoms with van der Waals surface area (Å²) in [6, 6.07) is 0. The first-order chi connectivity index (χ1) is 9.06. The van der Waals surface area contributed by atoms with Gasteiger partial charge in [-0.05, 0) is 13.3 Å². The van der Waals surface area contributed by atoms with E-state index in [1.807, 2.05) is 6.92 Å². The van der Waals surface area contributed by atoms with Gasteiger partial charge in [0.25, 0.3) is 5.91 Å². The zero-order valence-corrected chi connectivity index (χ0v) is 10.7. The molecule has 1 fully saturated rings. The molecule has 0 saturated carbocycles. The highest BCUT2D eigenvalue weighted by Gasteiger charge is 2.23. The smallest absolute Gasteiger partial charge is 0.325 e. The number of carboxylic acids is 1. The van der Waals surface area contributed by atoms with Gasteiger partial charge in [-0.1, -0.05) is 5.21 Å². The van der Waals surface area contributed by atoms with Crippen LogP contribution in [0, 0.1) is 0 Å². The van der Waals surface area contributed by atoms with Gasteiger partial charge >= 0.3 is 5.97 Å². The quantitative estimate of drug-likeness (QED) is 0.802. The van der Waals surface area contributed by atoms with Crippen LogP contribution in [0.15, 0.2) is 6.20 Å². The Morgan fingerprint density at radius 2 is 2.37 bits per heavy atom. The molecular weight excluding hydrogens is 252 g/mol. The molecule has 0 aromatic carbocycles. The Bertz CT molecular complexity index is 473. The van der Waals surface area contributed by atoms with Crippen LogP contribution in [-0.2, 0) is 16.1 Å². The van der Waals surface area contributed by atoms with E-state index in [0.29, 0.717) is 19.7 Å². The van der Waals surface area contributed by atoms with E-state index >= 15 is 0 Å². The summed E-state index contributed by atoms with van der Waals surface area (Å²) in [7, 11) is 0. The van der Waals surface area contributed by atoms with E-state index in [2.05, 4.69) is 10.3 Å². The number of carbonyl (C=O) groups excluding carboxylic acids is 1. The summed E-state index contributed by atoms with van der Waals surface area (Å²) in [5, 5.41) is 16.0. The second kappa shape index (κ2) is 5.79.